The van der Waals surface area contributed by atoms with Gasteiger partial charge in [-0.05, 0) is 90.7 Å². The smallest absolute Gasteiger partial charge is 0.407 e. The van der Waals surface area contributed by atoms with Crippen molar-refractivity contribution in [3.8, 4) is 33.6 Å². The van der Waals surface area contributed by atoms with E-state index < -0.39 is 12.1 Å². The lowest BCUT2D eigenvalue weighted by molar-refractivity contribution is -0.135. The molecule has 12 heteroatoms. The topological polar surface area (TPSA) is 158 Å². The molecule has 5 aromatic rings. The number of hydrogen-bond acceptors (Lipinski definition) is 7. The SMILES string of the molecule is COC(=O)N[C@H](C(=O)N1CCC[C@H]1c1ncc(-c2ccc(-c3ccc(-c4cnc([C@@H]5C6CCC(C6)[C@H]5C(=O)NCc5cccnc5)[nH]4)cc3)cc2C)[nH]1)C(C)C. The second-order valence-electron chi connectivity index (χ2n) is 16.0. The van der Waals surface area contributed by atoms with E-state index in [4.69, 9.17) is 14.7 Å². The standard InChI is InChI=1S/C44H50N8O4/c1-25(2)39(51-44(55)56-4)43(54)52-18-6-8-36(52)40-46-24-35(50-40)33-16-15-30(19-26(33)3)28-9-11-29(12-10-28)34-23-47-41(49-34)37-31-13-14-32(20-31)38(37)42(53)48-22-27-7-5-17-45-21-27/h5,7,9-12,15-17,19,21,23-25,31-32,36-39H,6,8,13-14,18,20,22H2,1-4H3,(H,46,50)(H,47,49)(H,48,53)(H,51,55)/t31?,32?,36-,37+,38+,39-/m0/s1. The molecule has 2 aliphatic carbocycles. The van der Waals surface area contributed by atoms with Crippen LogP contribution in [0.4, 0.5) is 4.79 Å². The maximum atomic E-state index is 13.6. The molecule has 4 N–H and O–H groups in total. The number of carbonyl (C=O) groups excluding carboxylic acids is 3. The monoisotopic (exact) mass is 754 g/mol. The van der Waals surface area contributed by atoms with Gasteiger partial charge in [0, 0.05) is 37.0 Å². The summed E-state index contributed by atoms with van der Waals surface area (Å²) in [5.74, 6) is 2.42. The Labute approximate surface area is 327 Å². The first-order valence-electron chi connectivity index (χ1n) is 19.8. The average molecular weight is 755 g/mol. The van der Waals surface area contributed by atoms with Gasteiger partial charge in [0.2, 0.25) is 11.8 Å². The van der Waals surface area contributed by atoms with Crippen LogP contribution in [0.2, 0.25) is 0 Å². The Balaban J connectivity index is 0.937. The Bertz CT molecular complexity index is 2200. The Morgan fingerprint density at radius 1 is 0.893 bits per heavy atom. The molecule has 3 fully saturated rings. The van der Waals surface area contributed by atoms with Crippen LogP contribution >= 0.6 is 0 Å². The summed E-state index contributed by atoms with van der Waals surface area (Å²) in [5, 5.41) is 5.89. The van der Waals surface area contributed by atoms with Gasteiger partial charge < -0.3 is 30.2 Å². The number of hydrogen-bond donors (Lipinski definition) is 4. The summed E-state index contributed by atoms with van der Waals surface area (Å²) >= 11 is 0. The van der Waals surface area contributed by atoms with E-state index in [-0.39, 0.29) is 35.6 Å². The predicted octanol–water partition coefficient (Wildman–Crippen LogP) is 7.33. The van der Waals surface area contributed by atoms with Crippen molar-refractivity contribution >= 4 is 17.9 Å². The lowest BCUT2D eigenvalue weighted by atomic mass is 9.78. The van der Waals surface area contributed by atoms with Crippen LogP contribution in [0.5, 0.6) is 0 Å². The van der Waals surface area contributed by atoms with E-state index in [9.17, 15) is 14.4 Å². The first-order valence-corrected chi connectivity index (χ1v) is 19.8. The molecule has 8 rings (SSSR count). The van der Waals surface area contributed by atoms with Crippen molar-refractivity contribution in [1.29, 1.82) is 0 Å². The number of ether oxygens (including phenoxy) is 1. The molecule has 12 nitrogen and oxygen atoms in total. The van der Waals surface area contributed by atoms with Gasteiger partial charge in [0.1, 0.15) is 17.7 Å². The highest BCUT2D eigenvalue weighted by atomic mass is 16.5. The fourth-order valence-electron chi connectivity index (χ4n) is 9.35. The van der Waals surface area contributed by atoms with Crippen molar-refractivity contribution < 1.29 is 19.1 Å². The first-order chi connectivity index (χ1) is 27.2. The number of likely N-dealkylation sites (tertiary alicyclic amines) is 1. The number of pyridine rings is 1. The predicted molar refractivity (Wildman–Crippen MR) is 213 cm³/mol. The molecule has 4 heterocycles. The molecule has 56 heavy (non-hydrogen) atoms. The molecule has 1 saturated heterocycles. The number of aromatic nitrogens is 5. The summed E-state index contributed by atoms with van der Waals surface area (Å²) in [4.78, 5) is 61.8. The maximum absolute atomic E-state index is 13.6. The lowest BCUT2D eigenvalue weighted by Crippen LogP contribution is -2.51. The number of benzene rings is 2. The van der Waals surface area contributed by atoms with Gasteiger partial charge in [-0.15, -0.1) is 0 Å². The summed E-state index contributed by atoms with van der Waals surface area (Å²) in [6.45, 7) is 7.01. The highest BCUT2D eigenvalue weighted by molar-refractivity contribution is 5.86. The second-order valence-corrected chi connectivity index (χ2v) is 16.0. The minimum Gasteiger partial charge on any atom is -0.453 e. The van der Waals surface area contributed by atoms with Crippen LogP contribution in [-0.4, -0.2) is 67.4 Å². The van der Waals surface area contributed by atoms with Gasteiger partial charge in [0.05, 0.1) is 42.9 Å². The quantitative estimate of drug-likeness (QED) is 0.110. The van der Waals surface area contributed by atoms with E-state index in [0.29, 0.717) is 24.9 Å². The fraction of sp³-hybridized carbons (Fsp3) is 0.409. The lowest BCUT2D eigenvalue weighted by Gasteiger charge is -2.30. The van der Waals surface area contributed by atoms with Crippen molar-refractivity contribution in [2.45, 2.75) is 77.4 Å². The highest BCUT2D eigenvalue weighted by Gasteiger charge is 2.52. The molecule has 2 saturated carbocycles. The van der Waals surface area contributed by atoms with Gasteiger partial charge in [-0.2, -0.15) is 0 Å². The molecule has 6 atom stereocenters. The number of alkyl carbamates (subject to hydrolysis) is 1. The third-order valence-electron chi connectivity index (χ3n) is 12.2. The number of H-pyrrole nitrogens is 2. The van der Waals surface area contributed by atoms with Crippen LogP contribution in [0.15, 0.2) is 79.4 Å². The Morgan fingerprint density at radius 2 is 1.62 bits per heavy atom. The summed E-state index contributed by atoms with van der Waals surface area (Å²) in [6, 6.07) is 17.9. The van der Waals surface area contributed by atoms with Gasteiger partial charge in [0.25, 0.3) is 0 Å². The largest absolute Gasteiger partial charge is 0.453 e. The summed E-state index contributed by atoms with van der Waals surface area (Å²) in [5.41, 5.74) is 8.25. The third-order valence-corrected chi connectivity index (χ3v) is 12.2. The zero-order chi connectivity index (χ0) is 38.9. The molecule has 3 amide bonds. The van der Waals surface area contributed by atoms with E-state index in [1.54, 1.807) is 12.4 Å². The van der Waals surface area contributed by atoms with Gasteiger partial charge in [-0.3, -0.25) is 14.6 Å². The number of rotatable bonds is 11. The van der Waals surface area contributed by atoms with Gasteiger partial charge in [0.15, 0.2) is 0 Å². The molecule has 0 spiro atoms. The van der Waals surface area contributed by atoms with Crippen LogP contribution in [0, 0.1) is 30.6 Å². The average Bonchev–Trinajstić information content (AvgIpc) is 4.07. The molecule has 2 bridgehead atoms. The zero-order valence-corrected chi connectivity index (χ0v) is 32.4. The normalized spacial score (nSPS) is 22.0. The van der Waals surface area contributed by atoms with Crippen LogP contribution in [0.3, 0.4) is 0 Å². The molecule has 290 valence electrons. The summed E-state index contributed by atoms with van der Waals surface area (Å²) in [7, 11) is 1.30. The highest BCUT2D eigenvalue weighted by Crippen LogP contribution is 2.56. The van der Waals surface area contributed by atoms with E-state index in [2.05, 4.69) is 75.0 Å². The number of methoxy groups -OCH3 is 1. The van der Waals surface area contributed by atoms with Crippen LogP contribution < -0.4 is 10.6 Å². The maximum Gasteiger partial charge on any atom is 0.407 e. The van der Waals surface area contributed by atoms with Crippen LogP contribution in [0.1, 0.15) is 80.7 Å². The number of fused-ring (bicyclic) bond motifs is 2. The molecular formula is C44H50N8O4. The van der Waals surface area contributed by atoms with Crippen molar-refractivity contribution in [2.24, 2.45) is 23.7 Å². The minimum absolute atomic E-state index is 0.0766. The van der Waals surface area contributed by atoms with Gasteiger partial charge >= 0.3 is 6.09 Å². The number of carbonyl (C=O) groups is 3. The molecule has 2 unspecified atom stereocenters. The number of amides is 3. The molecule has 3 aliphatic rings. The van der Waals surface area contributed by atoms with Crippen molar-refractivity contribution in [3.05, 3.63) is 102 Å². The number of nitrogens with one attached hydrogen (secondary N) is 4. The fourth-order valence-corrected chi connectivity index (χ4v) is 9.35. The van der Waals surface area contributed by atoms with E-state index in [1.807, 2.05) is 43.3 Å². The van der Waals surface area contributed by atoms with E-state index >= 15 is 0 Å². The van der Waals surface area contributed by atoms with Crippen LogP contribution in [0.25, 0.3) is 33.6 Å². The van der Waals surface area contributed by atoms with E-state index in [1.165, 1.54) is 7.11 Å². The zero-order valence-electron chi connectivity index (χ0n) is 32.4. The summed E-state index contributed by atoms with van der Waals surface area (Å²) in [6.07, 6.45) is 11.6. The van der Waals surface area contributed by atoms with Crippen molar-refractivity contribution in [1.82, 2.24) is 40.5 Å². The second kappa shape index (κ2) is 15.8. The van der Waals surface area contributed by atoms with E-state index in [0.717, 1.165) is 88.5 Å². The number of aryl methyl sites for hydroxylation is 1. The van der Waals surface area contributed by atoms with Crippen LogP contribution in [-0.2, 0) is 20.9 Å². The molecule has 0 radical (unpaired) electrons. The number of nitrogens with zero attached hydrogens (tertiary/aromatic N) is 4. The Kier molecular flexibility index (Phi) is 10.5. The molecule has 3 aromatic heterocycles. The molecule has 2 aromatic carbocycles. The molecule has 1 aliphatic heterocycles. The first kappa shape index (κ1) is 37.2. The van der Waals surface area contributed by atoms with Crippen molar-refractivity contribution in [3.63, 3.8) is 0 Å². The van der Waals surface area contributed by atoms with Crippen molar-refractivity contribution in [2.75, 3.05) is 13.7 Å². The van der Waals surface area contributed by atoms with Gasteiger partial charge in [-0.25, -0.2) is 14.8 Å². The number of aromatic amines is 2. The Hall–Kier alpha value is -5.78. The summed E-state index contributed by atoms with van der Waals surface area (Å²) < 4.78 is 4.77. The van der Waals surface area contributed by atoms with Gasteiger partial charge in [-0.1, -0.05) is 62.4 Å². The molecular weight excluding hydrogens is 705 g/mol. The minimum atomic E-state index is -0.679. The Morgan fingerprint density at radius 3 is 2.38 bits per heavy atom. The third kappa shape index (κ3) is 7.32. The number of imidazole rings is 2.